The molecule has 4 rings (SSSR count). The highest BCUT2D eigenvalue weighted by Gasteiger charge is 2.38. The normalized spacial score (nSPS) is 17.2. The summed E-state index contributed by atoms with van der Waals surface area (Å²) in [5.74, 6) is 0. The molecule has 142 valence electrons. The highest BCUT2D eigenvalue weighted by Crippen LogP contribution is 2.44. The van der Waals surface area contributed by atoms with Gasteiger partial charge in [-0.15, -0.1) is 0 Å². The molecule has 1 aliphatic rings. The van der Waals surface area contributed by atoms with Gasteiger partial charge >= 0.3 is 0 Å². The molecule has 0 N–H and O–H groups in total. The van der Waals surface area contributed by atoms with Gasteiger partial charge in [-0.1, -0.05) is 78.4 Å². The Morgan fingerprint density at radius 2 is 1.32 bits per heavy atom. The van der Waals surface area contributed by atoms with Crippen LogP contribution in [0.3, 0.4) is 0 Å². The molecule has 1 aliphatic heterocycles. The van der Waals surface area contributed by atoms with Crippen LogP contribution in [0.4, 0.5) is 0 Å². The second kappa shape index (κ2) is 7.28. The van der Waals surface area contributed by atoms with Crippen LogP contribution in [0.15, 0.2) is 89.8 Å². The summed E-state index contributed by atoms with van der Waals surface area (Å²) in [6.45, 7) is 3.93. The maximum absolute atomic E-state index is 13.6. The highest BCUT2D eigenvalue weighted by molar-refractivity contribution is 7.89. The molecule has 0 radical (unpaired) electrons. The molecule has 3 nitrogen and oxygen atoms in total. The zero-order chi connectivity index (χ0) is 19.7. The first-order valence-electron chi connectivity index (χ1n) is 9.43. The molecule has 28 heavy (non-hydrogen) atoms. The number of benzene rings is 3. The van der Waals surface area contributed by atoms with Crippen molar-refractivity contribution in [2.45, 2.75) is 31.2 Å². The van der Waals surface area contributed by atoms with Crippen molar-refractivity contribution in [3.63, 3.8) is 0 Å². The zero-order valence-electron chi connectivity index (χ0n) is 16.0. The van der Waals surface area contributed by atoms with Gasteiger partial charge in [0.25, 0.3) is 10.0 Å². The molecule has 1 heterocycles. The van der Waals surface area contributed by atoms with E-state index in [-0.39, 0.29) is 6.04 Å². The predicted octanol–water partition coefficient (Wildman–Crippen LogP) is 5.35. The van der Waals surface area contributed by atoms with E-state index in [0.717, 1.165) is 28.0 Å². The molecular weight excluding hydrogens is 366 g/mol. The van der Waals surface area contributed by atoms with Crippen LogP contribution >= 0.6 is 0 Å². The number of sulfonamides is 1. The van der Waals surface area contributed by atoms with E-state index in [9.17, 15) is 8.42 Å². The lowest BCUT2D eigenvalue weighted by atomic mass is 9.99. The Hall–Kier alpha value is -2.85. The van der Waals surface area contributed by atoms with Gasteiger partial charge in [0, 0.05) is 6.04 Å². The Morgan fingerprint density at radius 1 is 0.786 bits per heavy atom. The Morgan fingerprint density at radius 3 is 1.89 bits per heavy atom. The van der Waals surface area contributed by atoms with Crippen LogP contribution in [-0.2, 0) is 10.0 Å². The summed E-state index contributed by atoms with van der Waals surface area (Å²) >= 11 is 0. The van der Waals surface area contributed by atoms with Crippen LogP contribution in [0, 0.1) is 6.92 Å². The lowest BCUT2D eigenvalue weighted by Gasteiger charge is -2.27. The topological polar surface area (TPSA) is 37.4 Å². The molecule has 3 aromatic carbocycles. The van der Waals surface area contributed by atoms with Gasteiger partial charge in [-0.2, -0.15) is 0 Å². The van der Waals surface area contributed by atoms with Gasteiger partial charge in [-0.25, -0.2) is 8.42 Å². The van der Waals surface area contributed by atoms with E-state index in [1.807, 2.05) is 86.6 Å². The maximum Gasteiger partial charge on any atom is 0.264 e. The third-order valence-corrected chi connectivity index (χ3v) is 7.08. The van der Waals surface area contributed by atoms with Crippen LogP contribution in [0.2, 0.25) is 0 Å². The summed E-state index contributed by atoms with van der Waals surface area (Å²) in [5.41, 5.74) is 4.86. The monoisotopic (exact) mass is 389 g/mol. The molecule has 1 atom stereocenters. The van der Waals surface area contributed by atoms with Crippen LogP contribution < -0.4 is 0 Å². The Kier molecular flexibility index (Phi) is 4.82. The molecule has 0 saturated heterocycles. The van der Waals surface area contributed by atoms with Crippen LogP contribution in [0.5, 0.6) is 0 Å². The second-order valence-corrected chi connectivity index (χ2v) is 9.04. The van der Waals surface area contributed by atoms with Crippen LogP contribution in [0.25, 0.3) is 11.3 Å². The first-order chi connectivity index (χ1) is 13.5. The molecule has 4 heteroatoms. The standard InChI is InChI=1S/C24H23NO2S/c1-18-13-15-22(16-14-18)28(26,27)25-19(2)17-23(20-9-5-3-6-10-20)24(25)21-11-7-4-8-12-21/h3-16,19H,17H2,1-2H3. The van der Waals surface area contributed by atoms with Crippen molar-refractivity contribution in [2.24, 2.45) is 0 Å². The molecule has 0 aliphatic carbocycles. The van der Waals surface area contributed by atoms with E-state index >= 15 is 0 Å². The Labute approximate surface area is 167 Å². The molecule has 1 unspecified atom stereocenters. The first kappa shape index (κ1) is 18.5. The minimum atomic E-state index is -3.67. The van der Waals surface area contributed by atoms with Gasteiger partial charge in [0.1, 0.15) is 0 Å². The van der Waals surface area contributed by atoms with Gasteiger partial charge in [-0.3, -0.25) is 4.31 Å². The van der Waals surface area contributed by atoms with Crippen molar-refractivity contribution >= 4 is 21.3 Å². The average molecular weight is 390 g/mol. The van der Waals surface area contributed by atoms with E-state index in [1.165, 1.54) is 0 Å². The summed E-state index contributed by atoms with van der Waals surface area (Å²) in [6, 6.07) is 26.8. The largest absolute Gasteiger partial charge is 0.264 e. The number of hydrogen-bond donors (Lipinski definition) is 0. The summed E-state index contributed by atoms with van der Waals surface area (Å²) in [5, 5.41) is 0. The minimum absolute atomic E-state index is 0.156. The molecular formula is C24H23NO2S. The van der Waals surface area contributed by atoms with E-state index < -0.39 is 10.0 Å². The maximum atomic E-state index is 13.6. The summed E-state index contributed by atoms with van der Waals surface area (Å²) in [4.78, 5) is 0.327. The van der Waals surface area contributed by atoms with Crippen molar-refractivity contribution in [3.8, 4) is 0 Å². The fraction of sp³-hybridized carbons (Fsp3) is 0.167. The summed E-state index contributed by atoms with van der Waals surface area (Å²) in [6.07, 6.45) is 0.680. The molecule has 0 saturated carbocycles. The smallest absolute Gasteiger partial charge is 0.262 e. The van der Waals surface area contributed by atoms with Gasteiger partial charge < -0.3 is 0 Å². The number of aryl methyl sites for hydroxylation is 1. The van der Waals surface area contributed by atoms with Crippen LogP contribution in [0.1, 0.15) is 30.0 Å². The second-order valence-electron chi connectivity index (χ2n) is 7.23. The zero-order valence-corrected chi connectivity index (χ0v) is 16.9. The molecule has 0 fully saturated rings. The van der Waals surface area contributed by atoms with E-state index in [0.29, 0.717) is 11.3 Å². The quantitative estimate of drug-likeness (QED) is 0.603. The SMILES string of the molecule is Cc1ccc(S(=O)(=O)N2C(c3ccccc3)=C(c3ccccc3)CC2C)cc1. The molecule has 0 aromatic heterocycles. The van der Waals surface area contributed by atoms with Crippen molar-refractivity contribution in [3.05, 3.63) is 102 Å². The lowest BCUT2D eigenvalue weighted by Crippen LogP contribution is -2.33. The van der Waals surface area contributed by atoms with Crippen molar-refractivity contribution in [1.29, 1.82) is 0 Å². The minimum Gasteiger partial charge on any atom is -0.262 e. The molecule has 3 aromatic rings. The van der Waals surface area contributed by atoms with E-state index in [2.05, 4.69) is 0 Å². The fourth-order valence-electron chi connectivity index (χ4n) is 3.80. The van der Waals surface area contributed by atoms with E-state index in [4.69, 9.17) is 0 Å². The van der Waals surface area contributed by atoms with Gasteiger partial charge in [0.2, 0.25) is 0 Å². The molecule has 0 amide bonds. The van der Waals surface area contributed by atoms with Crippen molar-refractivity contribution in [2.75, 3.05) is 0 Å². The van der Waals surface area contributed by atoms with Gasteiger partial charge in [-0.05, 0) is 49.1 Å². The van der Waals surface area contributed by atoms with E-state index in [1.54, 1.807) is 16.4 Å². The van der Waals surface area contributed by atoms with Crippen molar-refractivity contribution in [1.82, 2.24) is 4.31 Å². The van der Waals surface area contributed by atoms with Crippen molar-refractivity contribution < 1.29 is 8.42 Å². The number of rotatable bonds is 4. The molecule has 0 bridgehead atoms. The Bertz CT molecular complexity index is 1100. The lowest BCUT2D eigenvalue weighted by molar-refractivity contribution is 0.458. The van der Waals surface area contributed by atoms with Gasteiger partial charge in [0.05, 0.1) is 10.6 Å². The third kappa shape index (κ3) is 3.25. The van der Waals surface area contributed by atoms with Crippen LogP contribution in [-0.4, -0.2) is 18.8 Å². The predicted molar refractivity (Wildman–Crippen MR) is 114 cm³/mol. The molecule has 0 spiro atoms. The number of nitrogens with zero attached hydrogens (tertiary/aromatic N) is 1. The summed E-state index contributed by atoms with van der Waals surface area (Å²) in [7, 11) is -3.67. The van der Waals surface area contributed by atoms with Gasteiger partial charge in [0.15, 0.2) is 0 Å². The first-order valence-corrected chi connectivity index (χ1v) is 10.9. The number of hydrogen-bond acceptors (Lipinski definition) is 2. The summed E-state index contributed by atoms with van der Waals surface area (Å²) < 4.78 is 28.8. The average Bonchev–Trinajstić information content (AvgIpc) is 3.07. The third-order valence-electron chi connectivity index (χ3n) is 5.15. The fourth-order valence-corrected chi connectivity index (χ4v) is 5.51. The highest BCUT2D eigenvalue weighted by atomic mass is 32.2. The Balaban J connectivity index is 1.92.